The van der Waals surface area contributed by atoms with E-state index in [1.54, 1.807) is 6.08 Å². The highest BCUT2D eigenvalue weighted by Gasteiger charge is 2.04. The lowest BCUT2D eigenvalue weighted by Crippen LogP contribution is -2.26. The minimum atomic E-state index is -0.210. The number of anilines is 1. The molecule has 2 aromatic rings. The summed E-state index contributed by atoms with van der Waals surface area (Å²) in [5.41, 5.74) is 4.05. The van der Waals surface area contributed by atoms with Crippen molar-refractivity contribution < 1.29 is 9.59 Å². The van der Waals surface area contributed by atoms with Gasteiger partial charge >= 0.3 is 0 Å². The Hall–Kier alpha value is -2.88. The van der Waals surface area contributed by atoms with Gasteiger partial charge in [0, 0.05) is 24.7 Å². The highest BCUT2D eigenvalue weighted by Crippen LogP contribution is 2.14. The zero-order valence-electron chi connectivity index (χ0n) is 14.0. The van der Waals surface area contributed by atoms with Gasteiger partial charge in [-0.25, -0.2) is 0 Å². The fourth-order valence-corrected chi connectivity index (χ4v) is 2.14. The fraction of sp³-hybridized carbons (Fsp3) is 0.200. The lowest BCUT2D eigenvalue weighted by atomic mass is 10.1. The molecule has 0 saturated carbocycles. The van der Waals surface area contributed by atoms with E-state index in [2.05, 4.69) is 10.6 Å². The third kappa shape index (κ3) is 5.72. The molecule has 0 unspecified atom stereocenters. The van der Waals surface area contributed by atoms with Crippen molar-refractivity contribution in [3.63, 3.8) is 0 Å². The summed E-state index contributed by atoms with van der Waals surface area (Å²) >= 11 is 0. The number of carbonyl (C=O) groups is 2. The summed E-state index contributed by atoms with van der Waals surface area (Å²) < 4.78 is 0. The Morgan fingerprint density at radius 2 is 1.75 bits per heavy atom. The predicted molar refractivity (Wildman–Crippen MR) is 97.6 cm³/mol. The van der Waals surface area contributed by atoms with Gasteiger partial charge in [0.05, 0.1) is 0 Å². The summed E-state index contributed by atoms with van der Waals surface area (Å²) in [6.45, 7) is 4.33. The van der Waals surface area contributed by atoms with Crippen LogP contribution >= 0.6 is 0 Å². The molecule has 0 fully saturated rings. The molecule has 0 spiro atoms. The van der Waals surface area contributed by atoms with Crippen molar-refractivity contribution in [2.24, 2.45) is 0 Å². The maximum atomic E-state index is 11.9. The van der Waals surface area contributed by atoms with Crippen LogP contribution in [0, 0.1) is 13.8 Å². The first-order valence-corrected chi connectivity index (χ1v) is 7.92. The van der Waals surface area contributed by atoms with Gasteiger partial charge in [-0.05, 0) is 48.7 Å². The van der Waals surface area contributed by atoms with Gasteiger partial charge in [-0.2, -0.15) is 0 Å². The minimum Gasteiger partial charge on any atom is -0.352 e. The highest BCUT2D eigenvalue weighted by atomic mass is 16.2. The van der Waals surface area contributed by atoms with Crippen molar-refractivity contribution in [3.8, 4) is 0 Å². The monoisotopic (exact) mass is 322 g/mol. The summed E-state index contributed by atoms with van der Waals surface area (Å²) in [5.74, 6) is -0.330. The maximum absolute atomic E-state index is 11.9. The van der Waals surface area contributed by atoms with Gasteiger partial charge in [0.15, 0.2) is 0 Å². The summed E-state index contributed by atoms with van der Waals surface area (Å²) in [4.78, 5) is 23.6. The lowest BCUT2D eigenvalue weighted by molar-refractivity contribution is -0.117. The normalized spacial score (nSPS) is 10.6. The molecule has 0 aliphatic carbocycles. The van der Waals surface area contributed by atoms with E-state index in [-0.39, 0.29) is 18.2 Å². The first-order valence-electron chi connectivity index (χ1n) is 7.92. The van der Waals surface area contributed by atoms with Crippen LogP contribution in [-0.4, -0.2) is 18.4 Å². The van der Waals surface area contributed by atoms with E-state index in [9.17, 15) is 9.59 Å². The Bertz CT molecular complexity index is 737. The van der Waals surface area contributed by atoms with Crippen LogP contribution in [-0.2, 0) is 9.59 Å². The molecule has 0 aliphatic heterocycles. The molecule has 2 amide bonds. The molecule has 4 nitrogen and oxygen atoms in total. The summed E-state index contributed by atoms with van der Waals surface area (Å²) in [7, 11) is 0. The van der Waals surface area contributed by atoms with E-state index in [1.165, 1.54) is 11.6 Å². The standard InChI is InChI=1S/C20H22N2O2/c1-15-8-10-18(14-16(15)2)22-20(24)12-13-21-19(23)11-9-17-6-4-3-5-7-17/h3-11,14H,12-13H2,1-2H3,(H,21,23)(H,22,24)/b11-9+. The molecule has 0 saturated heterocycles. The molecule has 0 atom stereocenters. The van der Waals surface area contributed by atoms with Gasteiger partial charge in [0.2, 0.25) is 11.8 Å². The van der Waals surface area contributed by atoms with E-state index in [0.717, 1.165) is 16.8 Å². The molecule has 0 aromatic heterocycles. The molecule has 124 valence electrons. The molecule has 0 bridgehead atoms. The summed E-state index contributed by atoms with van der Waals surface area (Å²) in [6, 6.07) is 15.4. The zero-order chi connectivity index (χ0) is 17.4. The van der Waals surface area contributed by atoms with Crippen LogP contribution < -0.4 is 10.6 Å². The molecule has 0 radical (unpaired) electrons. The van der Waals surface area contributed by atoms with Crippen molar-refractivity contribution in [3.05, 3.63) is 71.3 Å². The van der Waals surface area contributed by atoms with Gasteiger partial charge in [-0.3, -0.25) is 9.59 Å². The topological polar surface area (TPSA) is 58.2 Å². The molecule has 2 rings (SSSR count). The Labute approximate surface area is 142 Å². The zero-order valence-corrected chi connectivity index (χ0v) is 14.0. The Morgan fingerprint density at radius 3 is 2.46 bits per heavy atom. The quantitative estimate of drug-likeness (QED) is 0.800. The number of amides is 2. The summed E-state index contributed by atoms with van der Waals surface area (Å²) in [5, 5.41) is 5.54. The number of nitrogens with one attached hydrogen (secondary N) is 2. The Kier molecular flexibility index (Phi) is 6.32. The van der Waals surface area contributed by atoms with E-state index >= 15 is 0 Å². The molecule has 0 heterocycles. The number of rotatable bonds is 6. The SMILES string of the molecule is Cc1ccc(NC(=O)CCNC(=O)/C=C/c2ccccc2)cc1C. The van der Waals surface area contributed by atoms with Crippen molar-refractivity contribution >= 4 is 23.6 Å². The van der Waals surface area contributed by atoms with E-state index < -0.39 is 0 Å². The van der Waals surface area contributed by atoms with Crippen molar-refractivity contribution in [2.75, 3.05) is 11.9 Å². The number of aryl methyl sites for hydroxylation is 2. The molecular formula is C20H22N2O2. The van der Waals surface area contributed by atoms with Gasteiger partial charge in [0.25, 0.3) is 0 Å². The van der Waals surface area contributed by atoms with Crippen LogP contribution in [0.4, 0.5) is 5.69 Å². The van der Waals surface area contributed by atoms with Crippen LogP contribution in [0.3, 0.4) is 0 Å². The smallest absolute Gasteiger partial charge is 0.244 e. The van der Waals surface area contributed by atoms with Crippen LogP contribution in [0.5, 0.6) is 0 Å². The highest BCUT2D eigenvalue weighted by molar-refractivity contribution is 5.93. The van der Waals surface area contributed by atoms with Crippen LogP contribution in [0.1, 0.15) is 23.1 Å². The second-order valence-corrected chi connectivity index (χ2v) is 5.63. The summed E-state index contributed by atoms with van der Waals surface area (Å²) in [6.07, 6.45) is 3.44. The largest absolute Gasteiger partial charge is 0.352 e. The van der Waals surface area contributed by atoms with Crippen LogP contribution in [0.15, 0.2) is 54.6 Å². The van der Waals surface area contributed by atoms with E-state index in [0.29, 0.717) is 6.54 Å². The van der Waals surface area contributed by atoms with Crippen molar-refractivity contribution in [1.29, 1.82) is 0 Å². The lowest BCUT2D eigenvalue weighted by Gasteiger charge is -2.08. The number of hydrogen-bond acceptors (Lipinski definition) is 2. The fourth-order valence-electron chi connectivity index (χ4n) is 2.14. The number of carbonyl (C=O) groups excluding carboxylic acids is 2. The maximum Gasteiger partial charge on any atom is 0.244 e. The molecule has 24 heavy (non-hydrogen) atoms. The van der Waals surface area contributed by atoms with Gasteiger partial charge in [-0.15, -0.1) is 0 Å². The third-order valence-corrected chi connectivity index (χ3v) is 3.67. The minimum absolute atomic E-state index is 0.120. The average molecular weight is 322 g/mol. The average Bonchev–Trinajstić information content (AvgIpc) is 2.57. The number of hydrogen-bond donors (Lipinski definition) is 2. The van der Waals surface area contributed by atoms with E-state index in [4.69, 9.17) is 0 Å². The van der Waals surface area contributed by atoms with Gasteiger partial charge < -0.3 is 10.6 Å². The third-order valence-electron chi connectivity index (χ3n) is 3.67. The first-order chi connectivity index (χ1) is 11.5. The Morgan fingerprint density at radius 1 is 1.00 bits per heavy atom. The predicted octanol–water partition coefficient (Wildman–Crippen LogP) is 3.46. The van der Waals surface area contributed by atoms with Crippen LogP contribution in [0.25, 0.3) is 6.08 Å². The molecule has 4 heteroatoms. The van der Waals surface area contributed by atoms with Crippen LogP contribution in [0.2, 0.25) is 0 Å². The Balaban J connectivity index is 1.73. The van der Waals surface area contributed by atoms with Crippen molar-refractivity contribution in [1.82, 2.24) is 5.32 Å². The van der Waals surface area contributed by atoms with Gasteiger partial charge in [-0.1, -0.05) is 36.4 Å². The van der Waals surface area contributed by atoms with Crippen molar-refractivity contribution in [2.45, 2.75) is 20.3 Å². The molecule has 2 aromatic carbocycles. The molecule has 0 aliphatic rings. The second kappa shape index (κ2) is 8.67. The van der Waals surface area contributed by atoms with Gasteiger partial charge in [0.1, 0.15) is 0 Å². The second-order valence-electron chi connectivity index (χ2n) is 5.63. The molecular weight excluding hydrogens is 300 g/mol. The first kappa shape index (κ1) is 17.5. The van der Waals surface area contributed by atoms with E-state index in [1.807, 2.05) is 62.4 Å². The molecule has 2 N–H and O–H groups in total. The number of benzene rings is 2.